The molecule has 0 aliphatic carbocycles. The Morgan fingerprint density at radius 1 is 1.32 bits per heavy atom. The maximum Gasteiger partial charge on any atom is 0.345 e. The zero-order chi connectivity index (χ0) is 14.7. The van der Waals surface area contributed by atoms with Crippen molar-refractivity contribution in [3.8, 4) is 0 Å². The van der Waals surface area contributed by atoms with Crippen LogP contribution in [0, 0.1) is 0 Å². The first-order valence-electron chi connectivity index (χ1n) is 6.58. The molecule has 6 heteroatoms. The highest BCUT2D eigenvalue weighted by atomic mass is 16.5. The van der Waals surface area contributed by atoms with Gasteiger partial charge in [0.25, 0.3) is 0 Å². The predicted octanol–water partition coefficient (Wildman–Crippen LogP) is 1.29. The number of hydrogen-bond acceptors (Lipinski definition) is 5. The van der Waals surface area contributed by atoms with Gasteiger partial charge < -0.3 is 20.7 Å². The minimum absolute atomic E-state index is 0.00293. The first-order chi connectivity index (χ1) is 9.08. The minimum Gasteiger partial charge on any atom is -0.511 e. The third kappa shape index (κ3) is 6.81. The Bertz CT molecular complexity index is 338. The summed E-state index contributed by atoms with van der Waals surface area (Å²) in [6.45, 7) is 4.32. The number of nitrogens with zero attached hydrogens (tertiary/aromatic N) is 1. The second kappa shape index (κ2) is 10.4. The molecule has 0 aliphatic heterocycles. The summed E-state index contributed by atoms with van der Waals surface area (Å²) in [4.78, 5) is 15.8. The van der Waals surface area contributed by atoms with Crippen LogP contribution in [0.2, 0.25) is 0 Å². The van der Waals surface area contributed by atoms with Crippen LogP contribution in [0.4, 0.5) is 0 Å². The summed E-state index contributed by atoms with van der Waals surface area (Å²) >= 11 is 0. The van der Waals surface area contributed by atoms with Crippen molar-refractivity contribution in [2.75, 3.05) is 19.8 Å². The van der Waals surface area contributed by atoms with Gasteiger partial charge in [0.15, 0.2) is 0 Å². The van der Waals surface area contributed by atoms with Gasteiger partial charge in [-0.1, -0.05) is 13.8 Å². The van der Waals surface area contributed by atoms with E-state index in [1.807, 2.05) is 13.8 Å². The summed E-state index contributed by atoms with van der Waals surface area (Å²) in [5.41, 5.74) is 5.65. The van der Waals surface area contributed by atoms with E-state index in [1.165, 1.54) is 0 Å². The molecule has 0 amide bonds. The number of aliphatic hydroxyl groups is 2. The van der Waals surface area contributed by atoms with Crippen molar-refractivity contribution in [2.45, 2.75) is 39.5 Å². The van der Waals surface area contributed by atoms with Crippen molar-refractivity contribution in [1.29, 1.82) is 0 Å². The highest BCUT2D eigenvalue weighted by molar-refractivity contribution is 6.18. The number of ether oxygens (including phenoxy) is 1. The second-order valence-electron chi connectivity index (χ2n) is 4.05. The number of carbonyl (C=O) groups is 1. The molecular formula is C13H24N2O4. The van der Waals surface area contributed by atoms with E-state index in [1.54, 1.807) is 0 Å². The van der Waals surface area contributed by atoms with Crippen LogP contribution in [0.3, 0.4) is 0 Å². The van der Waals surface area contributed by atoms with Crippen molar-refractivity contribution < 1.29 is 19.7 Å². The number of rotatable bonds is 9. The molecule has 0 radical (unpaired) electrons. The molecule has 0 aromatic rings. The largest absolute Gasteiger partial charge is 0.511 e. The van der Waals surface area contributed by atoms with Gasteiger partial charge in [-0.05, 0) is 19.3 Å². The quantitative estimate of drug-likeness (QED) is 0.146. The smallest absolute Gasteiger partial charge is 0.345 e. The molecule has 0 atom stereocenters. The maximum absolute atomic E-state index is 11.8. The fraction of sp³-hybridized carbons (Fsp3) is 0.692. The van der Waals surface area contributed by atoms with E-state index < -0.39 is 5.97 Å². The van der Waals surface area contributed by atoms with Gasteiger partial charge in [-0.3, -0.25) is 4.99 Å². The highest BCUT2D eigenvalue weighted by Gasteiger charge is 2.20. The second-order valence-corrected chi connectivity index (χ2v) is 4.05. The minimum atomic E-state index is -0.655. The fourth-order valence-electron chi connectivity index (χ4n) is 1.35. The van der Waals surface area contributed by atoms with Gasteiger partial charge in [-0.2, -0.15) is 0 Å². The van der Waals surface area contributed by atoms with Crippen LogP contribution in [0.5, 0.6) is 0 Å². The van der Waals surface area contributed by atoms with Gasteiger partial charge in [0.2, 0.25) is 0 Å². The van der Waals surface area contributed by atoms with Crippen molar-refractivity contribution in [2.24, 2.45) is 10.7 Å². The predicted molar refractivity (Wildman–Crippen MR) is 74.0 cm³/mol. The number of carbonyl (C=O) groups excluding carboxylic acids is 1. The summed E-state index contributed by atoms with van der Waals surface area (Å²) in [5.74, 6) is -0.799. The molecule has 110 valence electrons. The standard InChI is InChI=1S/C13H24N2O4/c1-3-6-10(17)11(13(18)19-9-4-2)12(14)15-7-5-8-16/h16-17H,3-9H2,1-2H3,(H2,14,15)/b11-10-. The van der Waals surface area contributed by atoms with Crippen molar-refractivity contribution in [1.82, 2.24) is 0 Å². The molecule has 0 spiro atoms. The Balaban J connectivity index is 5.00. The van der Waals surface area contributed by atoms with E-state index in [2.05, 4.69) is 4.99 Å². The Morgan fingerprint density at radius 3 is 2.53 bits per heavy atom. The average molecular weight is 272 g/mol. The molecule has 4 N–H and O–H groups in total. The van der Waals surface area contributed by atoms with E-state index in [9.17, 15) is 9.90 Å². The molecular weight excluding hydrogens is 248 g/mol. The summed E-state index contributed by atoms with van der Waals surface area (Å²) in [6, 6.07) is 0. The maximum atomic E-state index is 11.8. The van der Waals surface area contributed by atoms with Crippen LogP contribution in [0.25, 0.3) is 0 Å². The molecule has 0 rings (SSSR count). The van der Waals surface area contributed by atoms with Crippen LogP contribution in [0.15, 0.2) is 16.3 Å². The Kier molecular flexibility index (Phi) is 9.52. The van der Waals surface area contributed by atoms with E-state index in [-0.39, 0.29) is 30.4 Å². The Hall–Kier alpha value is -1.56. The van der Waals surface area contributed by atoms with Gasteiger partial charge in [-0.15, -0.1) is 0 Å². The number of allylic oxidation sites excluding steroid dienone is 1. The van der Waals surface area contributed by atoms with E-state index in [0.717, 1.165) is 0 Å². The van der Waals surface area contributed by atoms with Crippen LogP contribution >= 0.6 is 0 Å². The molecule has 0 bridgehead atoms. The average Bonchev–Trinajstić information content (AvgIpc) is 2.37. The van der Waals surface area contributed by atoms with E-state index in [0.29, 0.717) is 32.2 Å². The van der Waals surface area contributed by atoms with Crippen molar-refractivity contribution >= 4 is 11.8 Å². The molecule has 0 fully saturated rings. The first-order valence-corrected chi connectivity index (χ1v) is 6.58. The highest BCUT2D eigenvalue weighted by Crippen LogP contribution is 2.11. The lowest BCUT2D eigenvalue weighted by Crippen LogP contribution is -2.25. The summed E-state index contributed by atoms with van der Waals surface area (Å²) in [7, 11) is 0. The molecule has 0 heterocycles. The third-order valence-electron chi connectivity index (χ3n) is 2.27. The number of aliphatic hydroxyl groups excluding tert-OH is 2. The monoisotopic (exact) mass is 272 g/mol. The molecule has 0 aliphatic rings. The number of nitrogens with two attached hydrogens (primary N) is 1. The third-order valence-corrected chi connectivity index (χ3v) is 2.27. The molecule has 0 saturated carbocycles. The fourth-order valence-corrected chi connectivity index (χ4v) is 1.35. The van der Waals surface area contributed by atoms with Gasteiger partial charge in [-0.25, -0.2) is 4.79 Å². The number of aliphatic imine (C=N–C) groups is 1. The van der Waals surface area contributed by atoms with E-state index >= 15 is 0 Å². The first kappa shape index (κ1) is 17.4. The summed E-state index contributed by atoms with van der Waals surface area (Å²) in [5, 5.41) is 18.5. The van der Waals surface area contributed by atoms with Crippen LogP contribution in [0.1, 0.15) is 39.5 Å². The molecule has 0 aromatic heterocycles. The molecule has 6 nitrogen and oxygen atoms in total. The van der Waals surface area contributed by atoms with Crippen LogP contribution < -0.4 is 5.73 Å². The zero-order valence-corrected chi connectivity index (χ0v) is 11.7. The zero-order valence-electron chi connectivity index (χ0n) is 11.7. The normalized spacial score (nSPS) is 13.1. The van der Waals surface area contributed by atoms with Crippen LogP contribution in [-0.4, -0.2) is 41.8 Å². The molecule has 0 aromatic carbocycles. The van der Waals surface area contributed by atoms with Gasteiger partial charge in [0, 0.05) is 19.6 Å². The van der Waals surface area contributed by atoms with Gasteiger partial charge >= 0.3 is 5.97 Å². The topological polar surface area (TPSA) is 105 Å². The lowest BCUT2D eigenvalue weighted by Gasteiger charge is -2.10. The summed E-state index contributed by atoms with van der Waals surface area (Å²) in [6.07, 6.45) is 2.16. The Labute approximate surface area is 114 Å². The van der Waals surface area contributed by atoms with Crippen molar-refractivity contribution in [3.05, 3.63) is 11.3 Å². The Morgan fingerprint density at radius 2 is 2.00 bits per heavy atom. The number of amidine groups is 1. The van der Waals surface area contributed by atoms with E-state index in [4.69, 9.17) is 15.6 Å². The SMILES string of the molecule is CCCOC(=O)/C(C(N)=NCCCO)=C(\O)CCC. The van der Waals surface area contributed by atoms with Gasteiger partial charge in [0.1, 0.15) is 17.2 Å². The number of esters is 1. The molecule has 0 saturated heterocycles. The molecule has 19 heavy (non-hydrogen) atoms. The van der Waals surface area contributed by atoms with Crippen molar-refractivity contribution in [3.63, 3.8) is 0 Å². The number of hydrogen-bond donors (Lipinski definition) is 3. The van der Waals surface area contributed by atoms with Crippen LogP contribution in [-0.2, 0) is 9.53 Å². The summed E-state index contributed by atoms with van der Waals surface area (Å²) < 4.78 is 4.98. The molecule has 0 unspecified atom stereocenters. The lowest BCUT2D eigenvalue weighted by atomic mass is 10.1. The lowest BCUT2D eigenvalue weighted by molar-refractivity contribution is -0.138. The van der Waals surface area contributed by atoms with Gasteiger partial charge in [0.05, 0.1) is 6.61 Å².